The Morgan fingerprint density at radius 2 is 2.17 bits per heavy atom. The summed E-state index contributed by atoms with van der Waals surface area (Å²) in [5, 5.41) is 20.6. The van der Waals surface area contributed by atoms with Crippen molar-refractivity contribution in [3.63, 3.8) is 0 Å². The van der Waals surface area contributed by atoms with Crippen molar-refractivity contribution in [2.75, 3.05) is 12.4 Å². The van der Waals surface area contributed by atoms with Gasteiger partial charge >= 0.3 is 6.18 Å². The Labute approximate surface area is 131 Å². The first-order valence-electron chi connectivity index (χ1n) is 6.18. The quantitative estimate of drug-likeness (QED) is 0.327. The zero-order valence-corrected chi connectivity index (χ0v) is 12.3. The van der Waals surface area contributed by atoms with Crippen LogP contribution in [0.25, 0.3) is 0 Å². The van der Waals surface area contributed by atoms with Gasteiger partial charge in [0.25, 0.3) is 5.69 Å². The molecular weight excluding hydrogens is 339 g/mol. The summed E-state index contributed by atoms with van der Waals surface area (Å²) >= 11 is 0.992. The monoisotopic (exact) mass is 349 g/mol. The summed E-state index contributed by atoms with van der Waals surface area (Å²) < 4.78 is 42.9. The lowest BCUT2D eigenvalue weighted by molar-refractivity contribution is -0.384. The molecule has 0 aliphatic heterocycles. The Morgan fingerprint density at radius 3 is 2.87 bits per heavy atom. The van der Waals surface area contributed by atoms with Crippen LogP contribution >= 0.6 is 11.8 Å². The molecule has 8 nitrogen and oxygen atoms in total. The molecule has 124 valence electrons. The third kappa shape index (κ3) is 5.39. The number of ether oxygens (including phenoxy) is 1. The number of alkyl halides is 3. The highest BCUT2D eigenvalue weighted by Crippen LogP contribution is 2.22. The van der Waals surface area contributed by atoms with Gasteiger partial charge in [-0.1, -0.05) is 17.8 Å². The van der Waals surface area contributed by atoms with Gasteiger partial charge in [0.1, 0.15) is 12.3 Å². The predicted octanol–water partition coefficient (Wildman–Crippen LogP) is 2.31. The van der Waals surface area contributed by atoms with Crippen molar-refractivity contribution >= 4 is 17.4 Å². The van der Waals surface area contributed by atoms with Crippen LogP contribution in [0.2, 0.25) is 0 Å². The Hall–Kier alpha value is -2.37. The summed E-state index contributed by atoms with van der Waals surface area (Å²) in [6.07, 6.45) is -4.41. The predicted molar refractivity (Wildman–Crippen MR) is 73.2 cm³/mol. The maximum absolute atomic E-state index is 12.3. The largest absolute Gasteiger partial charge is 0.492 e. The van der Waals surface area contributed by atoms with Crippen molar-refractivity contribution in [2.45, 2.75) is 17.9 Å². The Morgan fingerprint density at radius 1 is 1.39 bits per heavy atom. The molecule has 0 fully saturated rings. The molecule has 0 radical (unpaired) electrons. The van der Waals surface area contributed by atoms with E-state index in [2.05, 4.69) is 15.5 Å². The van der Waals surface area contributed by atoms with Crippen LogP contribution in [0.4, 0.5) is 18.9 Å². The second-order valence-electron chi connectivity index (χ2n) is 4.19. The van der Waals surface area contributed by atoms with Crippen molar-refractivity contribution in [3.05, 3.63) is 34.4 Å². The van der Waals surface area contributed by atoms with Gasteiger partial charge in [0, 0.05) is 11.8 Å². The lowest BCUT2D eigenvalue weighted by atomic mass is 10.3. The minimum atomic E-state index is -4.41. The molecule has 12 heteroatoms. The van der Waals surface area contributed by atoms with E-state index in [9.17, 15) is 23.3 Å². The molecular formula is C11H10F3N5O3S. The molecule has 0 amide bonds. The van der Waals surface area contributed by atoms with E-state index in [-0.39, 0.29) is 23.2 Å². The highest BCUT2D eigenvalue weighted by molar-refractivity contribution is 7.99. The first-order chi connectivity index (χ1) is 10.8. The number of nitrogens with zero attached hydrogens (tertiary/aromatic N) is 5. The van der Waals surface area contributed by atoms with Crippen LogP contribution in [0, 0.1) is 10.1 Å². The maximum atomic E-state index is 12.3. The molecule has 0 unspecified atom stereocenters. The summed E-state index contributed by atoms with van der Waals surface area (Å²) in [6, 6.07) is 5.61. The van der Waals surface area contributed by atoms with Crippen molar-refractivity contribution in [1.29, 1.82) is 0 Å². The lowest BCUT2D eigenvalue weighted by Gasteiger charge is -2.08. The first-order valence-corrected chi connectivity index (χ1v) is 7.17. The Kier molecular flexibility index (Phi) is 5.36. The number of hydrogen-bond acceptors (Lipinski definition) is 7. The van der Waals surface area contributed by atoms with Gasteiger partial charge in [-0.3, -0.25) is 10.1 Å². The molecule has 0 spiro atoms. The molecule has 0 saturated heterocycles. The molecule has 0 atom stereocenters. The molecule has 1 aromatic heterocycles. The van der Waals surface area contributed by atoms with Crippen LogP contribution in [0.15, 0.2) is 29.4 Å². The van der Waals surface area contributed by atoms with Crippen LogP contribution in [0.1, 0.15) is 0 Å². The third-order valence-corrected chi connectivity index (χ3v) is 3.36. The minimum Gasteiger partial charge on any atom is -0.492 e. The molecule has 1 heterocycles. The van der Waals surface area contributed by atoms with Crippen LogP contribution in [0.5, 0.6) is 5.75 Å². The number of rotatable bonds is 7. The number of halogens is 3. The fourth-order valence-electron chi connectivity index (χ4n) is 1.55. The molecule has 1 aromatic carbocycles. The smallest absolute Gasteiger partial charge is 0.408 e. The highest BCUT2D eigenvalue weighted by atomic mass is 32.2. The van der Waals surface area contributed by atoms with Crippen LogP contribution in [-0.4, -0.2) is 43.7 Å². The van der Waals surface area contributed by atoms with Crippen LogP contribution < -0.4 is 4.74 Å². The van der Waals surface area contributed by atoms with Crippen molar-refractivity contribution in [3.8, 4) is 5.75 Å². The molecule has 0 saturated carbocycles. The average Bonchev–Trinajstić information content (AvgIpc) is 2.89. The van der Waals surface area contributed by atoms with E-state index in [0.717, 1.165) is 11.8 Å². The maximum Gasteiger partial charge on any atom is 0.408 e. The van der Waals surface area contributed by atoms with E-state index in [4.69, 9.17) is 4.74 Å². The number of tetrazole rings is 1. The second kappa shape index (κ2) is 7.26. The van der Waals surface area contributed by atoms with Gasteiger partial charge in [-0.25, -0.2) is 4.68 Å². The Balaban J connectivity index is 1.83. The number of hydrogen-bond donors (Lipinski definition) is 0. The summed E-state index contributed by atoms with van der Waals surface area (Å²) in [4.78, 5) is 10.1. The lowest BCUT2D eigenvalue weighted by Crippen LogP contribution is -2.19. The van der Waals surface area contributed by atoms with Crippen molar-refractivity contribution < 1.29 is 22.8 Å². The zero-order valence-electron chi connectivity index (χ0n) is 11.4. The van der Waals surface area contributed by atoms with Gasteiger partial charge in [0.15, 0.2) is 0 Å². The topological polar surface area (TPSA) is 96.0 Å². The average molecular weight is 349 g/mol. The number of aromatic nitrogens is 4. The van der Waals surface area contributed by atoms with E-state index in [1.54, 1.807) is 6.07 Å². The number of thioether (sulfide) groups is 1. The van der Waals surface area contributed by atoms with E-state index in [1.807, 2.05) is 0 Å². The molecule has 0 N–H and O–H groups in total. The van der Waals surface area contributed by atoms with E-state index in [0.29, 0.717) is 10.4 Å². The van der Waals surface area contributed by atoms with E-state index in [1.165, 1.54) is 18.2 Å². The molecule has 0 aliphatic rings. The van der Waals surface area contributed by atoms with Gasteiger partial charge < -0.3 is 4.74 Å². The second-order valence-corrected chi connectivity index (χ2v) is 5.25. The van der Waals surface area contributed by atoms with Crippen LogP contribution in [0.3, 0.4) is 0 Å². The number of nitro benzene ring substituents is 1. The van der Waals surface area contributed by atoms with E-state index >= 15 is 0 Å². The molecule has 0 aliphatic carbocycles. The summed E-state index contributed by atoms with van der Waals surface area (Å²) in [6.45, 7) is -1.14. The summed E-state index contributed by atoms with van der Waals surface area (Å²) in [5.74, 6) is 0.579. The van der Waals surface area contributed by atoms with Gasteiger partial charge in [0.2, 0.25) is 5.16 Å². The number of nitro groups is 1. The third-order valence-electron chi connectivity index (χ3n) is 2.44. The fourth-order valence-corrected chi connectivity index (χ4v) is 2.24. The normalized spacial score (nSPS) is 11.4. The van der Waals surface area contributed by atoms with Gasteiger partial charge in [-0.2, -0.15) is 13.2 Å². The Bertz CT molecular complexity index is 679. The molecule has 2 rings (SSSR count). The van der Waals surface area contributed by atoms with E-state index < -0.39 is 17.6 Å². The summed E-state index contributed by atoms with van der Waals surface area (Å²) in [7, 11) is 0. The molecule has 0 bridgehead atoms. The van der Waals surface area contributed by atoms with Crippen molar-refractivity contribution in [2.24, 2.45) is 0 Å². The number of non-ortho nitro benzene ring substituents is 1. The highest BCUT2D eigenvalue weighted by Gasteiger charge is 2.30. The number of benzene rings is 1. The summed E-state index contributed by atoms with van der Waals surface area (Å²) in [5.41, 5.74) is -0.107. The van der Waals surface area contributed by atoms with Crippen molar-refractivity contribution in [1.82, 2.24) is 20.2 Å². The minimum absolute atomic E-state index is 0.0185. The fraction of sp³-hybridized carbons (Fsp3) is 0.364. The first kappa shape index (κ1) is 17.0. The SMILES string of the molecule is O=[N+]([O-])c1cccc(OCCSc2nnnn2CC(F)(F)F)c1. The molecule has 2 aromatic rings. The molecule has 23 heavy (non-hydrogen) atoms. The zero-order chi connectivity index (χ0) is 16.9. The van der Waals surface area contributed by atoms with Crippen LogP contribution in [-0.2, 0) is 6.54 Å². The van der Waals surface area contributed by atoms with Gasteiger partial charge in [-0.05, 0) is 16.5 Å². The standard InChI is InChI=1S/C11H10F3N5O3S/c12-11(13,14)7-18-10(15-16-17-18)23-5-4-22-9-3-1-2-8(6-9)19(20)21/h1-3,6H,4-5,7H2. The van der Waals surface area contributed by atoms with Gasteiger partial charge in [-0.15, -0.1) is 5.10 Å². The van der Waals surface area contributed by atoms with Gasteiger partial charge in [0.05, 0.1) is 17.6 Å².